The maximum absolute atomic E-state index is 5.78. The van der Waals surface area contributed by atoms with Crippen molar-refractivity contribution in [1.82, 2.24) is 0 Å². The highest BCUT2D eigenvalue weighted by molar-refractivity contribution is 6.75. The lowest BCUT2D eigenvalue weighted by Crippen LogP contribution is -2.48. The van der Waals surface area contributed by atoms with Gasteiger partial charge in [0.15, 0.2) is 0 Å². The van der Waals surface area contributed by atoms with Crippen LogP contribution >= 0.6 is 0 Å². The minimum atomic E-state index is -2.21. The van der Waals surface area contributed by atoms with Crippen molar-refractivity contribution in [3.63, 3.8) is 0 Å². The van der Waals surface area contributed by atoms with Crippen LogP contribution in [-0.2, 0) is 8.85 Å². The summed E-state index contributed by atoms with van der Waals surface area (Å²) < 4.78 is 11.6. The molecule has 0 rings (SSSR count). The first-order chi connectivity index (χ1) is 5.93. The van der Waals surface area contributed by atoms with E-state index in [9.17, 15) is 0 Å². The molecule has 0 spiro atoms. The molecule has 0 atom stereocenters. The highest BCUT2D eigenvalue weighted by atomic mass is 28.4. The van der Waals surface area contributed by atoms with Gasteiger partial charge < -0.3 is 8.85 Å². The molecule has 0 N–H and O–H groups in total. The number of hydrogen-bond acceptors (Lipinski definition) is 2. The highest BCUT2D eigenvalue weighted by Crippen LogP contribution is 2.38. The molecule has 13 heavy (non-hydrogen) atoms. The Kier molecular flexibility index (Phi) is 4.89. The molecular formula is C10H22O2Si. The molecule has 0 saturated carbocycles. The Morgan fingerprint density at radius 2 is 1.54 bits per heavy atom. The molecule has 0 aromatic rings. The molecule has 0 unspecified atom stereocenters. The van der Waals surface area contributed by atoms with Crippen LogP contribution in [-0.4, -0.2) is 21.8 Å². The summed E-state index contributed by atoms with van der Waals surface area (Å²) in [5.74, 6) is 0. The van der Waals surface area contributed by atoms with E-state index in [1.807, 2.05) is 19.5 Å². The molecule has 0 aromatic carbocycles. The van der Waals surface area contributed by atoms with Crippen LogP contribution in [0.4, 0.5) is 0 Å². The predicted octanol–water partition coefficient (Wildman–Crippen LogP) is 3.03. The zero-order valence-electron chi connectivity index (χ0n) is 9.52. The molecule has 3 heteroatoms. The third-order valence-corrected chi connectivity index (χ3v) is 6.09. The Bertz CT molecular complexity index is 155. The van der Waals surface area contributed by atoms with Crippen LogP contribution in [0.1, 0.15) is 34.6 Å². The summed E-state index contributed by atoms with van der Waals surface area (Å²) in [7, 11) is -2.21. The topological polar surface area (TPSA) is 18.5 Å². The first-order valence-corrected chi connectivity index (χ1v) is 6.74. The van der Waals surface area contributed by atoms with Gasteiger partial charge in [0.2, 0.25) is 0 Å². The second-order valence-electron chi connectivity index (χ2n) is 3.99. The molecule has 0 heterocycles. The Morgan fingerprint density at radius 3 is 1.69 bits per heavy atom. The van der Waals surface area contributed by atoms with Gasteiger partial charge in [-0.3, -0.25) is 0 Å². The van der Waals surface area contributed by atoms with Crippen LogP contribution in [0.3, 0.4) is 0 Å². The molecule has 78 valence electrons. The van der Waals surface area contributed by atoms with Crippen LogP contribution < -0.4 is 0 Å². The van der Waals surface area contributed by atoms with Crippen molar-refractivity contribution in [2.45, 2.75) is 39.7 Å². The summed E-state index contributed by atoms with van der Waals surface area (Å²) in [6.45, 7) is 15.7. The van der Waals surface area contributed by atoms with E-state index >= 15 is 0 Å². The molecule has 0 amide bonds. The molecule has 0 aliphatic rings. The average Bonchev–Trinajstić information content (AvgIpc) is 2.02. The standard InChI is InChI=1S/C10H22O2Si/c1-7-11-13(9-3,12-8-2)10(4,5)6/h9H,3,7-8H2,1-2,4-6H3. The van der Waals surface area contributed by atoms with Gasteiger partial charge in [-0.2, -0.15) is 0 Å². The summed E-state index contributed by atoms with van der Waals surface area (Å²) in [6.07, 6.45) is 0. The summed E-state index contributed by atoms with van der Waals surface area (Å²) in [6, 6.07) is 0. The van der Waals surface area contributed by atoms with Crippen LogP contribution in [0, 0.1) is 0 Å². The fourth-order valence-corrected chi connectivity index (χ4v) is 3.98. The smallest absolute Gasteiger partial charge is 0.370 e. The van der Waals surface area contributed by atoms with Crippen molar-refractivity contribution in [3.8, 4) is 0 Å². The van der Waals surface area contributed by atoms with Crippen molar-refractivity contribution >= 4 is 8.56 Å². The average molecular weight is 202 g/mol. The van der Waals surface area contributed by atoms with Gasteiger partial charge in [0.1, 0.15) is 0 Å². The van der Waals surface area contributed by atoms with Gasteiger partial charge in [0.25, 0.3) is 0 Å². The van der Waals surface area contributed by atoms with Gasteiger partial charge >= 0.3 is 8.56 Å². The van der Waals surface area contributed by atoms with E-state index in [0.29, 0.717) is 13.2 Å². The van der Waals surface area contributed by atoms with Gasteiger partial charge in [-0.25, -0.2) is 0 Å². The van der Waals surface area contributed by atoms with Gasteiger partial charge in [-0.15, -0.1) is 6.58 Å². The second-order valence-corrected chi connectivity index (χ2v) is 7.81. The third kappa shape index (κ3) is 2.93. The molecule has 2 nitrogen and oxygen atoms in total. The lowest BCUT2D eigenvalue weighted by molar-refractivity contribution is 0.173. The van der Waals surface area contributed by atoms with Crippen molar-refractivity contribution in [1.29, 1.82) is 0 Å². The minimum absolute atomic E-state index is 0.0424. The van der Waals surface area contributed by atoms with E-state index in [2.05, 4.69) is 27.4 Å². The summed E-state index contributed by atoms with van der Waals surface area (Å²) in [5.41, 5.74) is 1.89. The van der Waals surface area contributed by atoms with Gasteiger partial charge in [0.05, 0.1) is 0 Å². The van der Waals surface area contributed by atoms with Crippen molar-refractivity contribution in [2.24, 2.45) is 0 Å². The largest absolute Gasteiger partial charge is 0.391 e. The van der Waals surface area contributed by atoms with Gasteiger partial charge in [-0.05, 0) is 19.5 Å². The lowest BCUT2D eigenvalue weighted by Gasteiger charge is -2.37. The molecular weight excluding hydrogens is 180 g/mol. The number of rotatable bonds is 5. The molecule has 0 bridgehead atoms. The van der Waals surface area contributed by atoms with Crippen LogP contribution in [0.2, 0.25) is 5.04 Å². The van der Waals surface area contributed by atoms with Crippen molar-refractivity contribution < 1.29 is 8.85 Å². The number of hydrogen-bond donors (Lipinski definition) is 0. The SMILES string of the molecule is C=C[Si](OCC)(OCC)C(C)(C)C. The molecule has 0 radical (unpaired) electrons. The second kappa shape index (κ2) is 4.93. The Morgan fingerprint density at radius 1 is 1.15 bits per heavy atom. The predicted molar refractivity (Wildman–Crippen MR) is 58.9 cm³/mol. The molecule has 0 fully saturated rings. The van der Waals surface area contributed by atoms with Crippen molar-refractivity contribution in [2.75, 3.05) is 13.2 Å². The Hall–Kier alpha value is -0.123. The Balaban J connectivity index is 4.74. The van der Waals surface area contributed by atoms with Crippen molar-refractivity contribution in [3.05, 3.63) is 12.3 Å². The molecule has 0 aliphatic carbocycles. The fourth-order valence-electron chi connectivity index (χ4n) is 1.33. The Labute approximate surface area is 83.2 Å². The molecule has 0 aromatic heterocycles. The molecule has 0 saturated heterocycles. The van der Waals surface area contributed by atoms with Gasteiger partial charge in [0, 0.05) is 18.3 Å². The third-order valence-electron chi connectivity index (χ3n) is 2.03. The quantitative estimate of drug-likeness (QED) is 0.638. The van der Waals surface area contributed by atoms with E-state index < -0.39 is 8.56 Å². The fraction of sp³-hybridized carbons (Fsp3) is 0.800. The van der Waals surface area contributed by atoms with E-state index in [-0.39, 0.29) is 5.04 Å². The summed E-state index contributed by atoms with van der Waals surface area (Å²) in [5, 5.41) is 0.0424. The normalized spacial score (nSPS) is 13.0. The maximum Gasteiger partial charge on any atom is 0.370 e. The monoisotopic (exact) mass is 202 g/mol. The van der Waals surface area contributed by atoms with Gasteiger partial charge in [-0.1, -0.05) is 20.8 Å². The van der Waals surface area contributed by atoms with E-state index in [4.69, 9.17) is 8.85 Å². The minimum Gasteiger partial charge on any atom is -0.391 e. The summed E-state index contributed by atoms with van der Waals surface area (Å²) in [4.78, 5) is 0. The zero-order chi connectivity index (χ0) is 10.5. The van der Waals surface area contributed by atoms with E-state index in [0.717, 1.165) is 0 Å². The van der Waals surface area contributed by atoms with E-state index in [1.165, 1.54) is 0 Å². The molecule has 0 aliphatic heterocycles. The van der Waals surface area contributed by atoms with E-state index in [1.54, 1.807) is 0 Å². The zero-order valence-corrected chi connectivity index (χ0v) is 10.5. The maximum atomic E-state index is 5.78. The van der Waals surface area contributed by atoms with Crippen LogP contribution in [0.5, 0.6) is 0 Å². The summed E-state index contributed by atoms with van der Waals surface area (Å²) >= 11 is 0. The van der Waals surface area contributed by atoms with Crippen LogP contribution in [0.25, 0.3) is 0 Å². The highest BCUT2D eigenvalue weighted by Gasteiger charge is 2.46. The first-order valence-electron chi connectivity index (χ1n) is 4.85. The first kappa shape index (κ1) is 12.9. The van der Waals surface area contributed by atoms with Crippen LogP contribution in [0.15, 0.2) is 12.3 Å². The lowest BCUT2D eigenvalue weighted by atomic mass is 10.2.